The first kappa shape index (κ1) is 15.5. The molecule has 0 heterocycles. The van der Waals surface area contributed by atoms with Crippen molar-refractivity contribution in [3.63, 3.8) is 0 Å². The third-order valence-corrected chi connectivity index (χ3v) is 5.21. The van der Waals surface area contributed by atoms with Crippen LogP contribution >= 0.6 is 0 Å². The fourth-order valence-electron chi connectivity index (χ4n) is 2.86. The van der Waals surface area contributed by atoms with Crippen LogP contribution in [0.5, 0.6) is 0 Å². The molecular weight excluding hydrogens is 272 g/mol. The topological polar surface area (TPSA) is 72.2 Å². The largest absolute Gasteiger partial charge is 0.310 e. The van der Waals surface area contributed by atoms with E-state index in [1.54, 1.807) is 12.1 Å². The van der Waals surface area contributed by atoms with Crippen molar-refractivity contribution in [2.45, 2.75) is 50.6 Å². The lowest BCUT2D eigenvalue weighted by Crippen LogP contribution is -2.39. The average Bonchev–Trinajstić information content (AvgIpc) is 2.39. The average molecular weight is 296 g/mol. The number of rotatable bonds is 4. The lowest BCUT2D eigenvalue weighted by atomic mass is 9.80. The molecule has 1 saturated carbocycles. The van der Waals surface area contributed by atoms with Crippen molar-refractivity contribution in [2.24, 2.45) is 17.0 Å². The number of nitrogens with one attached hydrogen (secondary N) is 1. The monoisotopic (exact) mass is 296 g/mol. The van der Waals surface area contributed by atoms with E-state index in [-0.39, 0.29) is 4.90 Å². The summed E-state index contributed by atoms with van der Waals surface area (Å²) in [5, 5.41) is 8.68. The van der Waals surface area contributed by atoms with E-state index in [1.165, 1.54) is 19.3 Å². The summed E-state index contributed by atoms with van der Waals surface area (Å²) in [6.45, 7) is 5.38. The van der Waals surface area contributed by atoms with Gasteiger partial charge >= 0.3 is 0 Å². The van der Waals surface area contributed by atoms with Gasteiger partial charge in [-0.15, -0.1) is 0 Å². The van der Waals surface area contributed by atoms with Crippen LogP contribution in [-0.2, 0) is 16.6 Å². The van der Waals surface area contributed by atoms with Crippen LogP contribution in [0.15, 0.2) is 29.2 Å². The van der Waals surface area contributed by atoms with Gasteiger partial charge in [-0.25, -0.2) is 13.6 Å². The van der Waals surface area contributed by atoms with Gasteiger partial charge in [0.05, 0.1) is 4.90 Å². The highest BCUT2D eigenvalue weighted by molar-refractivity contribution is 7.89. The molecule has 112 valence electrons. The third kappa shape index (κ3) is 4.04. The van der Waals surface area contributed by atoms with Crippen LogP contribution < -0.4 is 10.5 Å². The summed E-state index contributed by atoms with van der Waals surface area (Å²) in [5.74, 6) is 1.49. The van der Waals surface area contributed by atoms with Crippen molar-refractivity contribution in [3.8, 4) is 0 Å². The molecule has 0 amide bonds. The van der Waals surface area contributed by atoms with Gasteiger partial charge in [0.25, 0.3) is 0 Å². The number of hydrogen-bond acceptors (Lipinski definition) is 3. The van der Waals surface area contributed by atoms with Crippen LogP contribution in [0.1, 0.15) is 38.7 Å². The van der Waals surface area contributed by atoms with E-state index >= 15 is 0 Å². The Hall–Kier alpha value is -0.910. The van der Waals surface area contributed by atoms with Crippen LogP contribution in [0.3, 0.4) is 0 Å². The molecule has 20 heavy (non-hydrogen) atoms. The molecule has 3 atom stereocenters. The summed E-state index contributed by atoms with van der Waals surface area (Å²) in [7, 11) is -3.59. The number of sulfonamides is 1. The summed E-state index contributed by atoms with van der Waals surface area (Å²) in [4.78, 5) is 0.168. The maximum atomic E-state index is 11.2. The maximum Gasteiger partial charge on any atom is 0.238 e. The standard InChI is InChI=1S/C15H24N2O2S/c1-11-3-4-12(2)15(9-11)17-10-13-5-7-14(8-6-13)20(16,18)19/h5-8,11-12,15,17H,3-4,9-10H2,1-2H3,(H2,16,18,19). The van der Waals surface area contributed by atoms with E-state index in [0.717, 1.165) is 18.0 Å². The summed E-state index contributed by atoms with van der Waals surface area (Å²) < 4.78 is 22.4. The molecule has 3 N–H and O–H groups in total. The lowest BCUT2D eigenvalue weighted by molar-refractivity contribution is 0.227. The Kier molecular flexibility index (Phi) is 4.83. The number of benzene rings is 1. The maximum absolute atomic E-state index is 11.2. The minimum Gasteiger partial charge on any atom is -0.310 e. The summed E-state index contributed by atoms with van der Waals surface area (Å²) in [6.07, 6.45) is 3.82. The predicted molar refractivity (Wildman–Crippen MR) is 80.6 cm³/mol. The molecule has 0 bridgehead atoms. The second kappa shape index (κ2) is 6.24. The number of nitrogens with two attached hydrogens (primary N) is 1. The second-order valence-corrected chi connectivity index (χ2v) is 7.63. The van der Waals surface area contributed by atoms with Gasteiger partial charge in [-0.2, -0.15) is 0 Å². The first-order chi connectivity index (χ1) is 9.36. The van der Waals surface area contributed by atoms with Gasteiger partial charge in [-0.1, -0.05) is 32.4 Å². The highest BCUT2D eigenvalue weighted by atomic mass is 32.2. The SMILES string of the molecule is CC1CCC(C)C(NCc2ccc(S(N)(=O)=O)cc2)C1. The molecule has 0 saturated heterocycles. The van der Waals surface area contributed by atoms with Gasteiger partial charge in [0.15, 0.2) is 0 Å². The Morgan fingerprint density at radius 3 is 2.45 bits per heavy atom. The lowest BCUT2D eigenvalue weighted by Gasteiger charge is -2.33. The fourth-order valence-corrected chi connectivity index (χ4v) is 3.38. The van der Waals surface area contributed by atoms with Crippen LogP contribution in [0, 0.1) is 11.8 Å². The normalized spacial score (nSPS) is 27.4. The van der Waals surface area contributed by atoms with E-state index in [4.69, 9.17) is 5.14 Å². The Morgan fingerprint density at radius 1 is 1.20 bits per heavy atom. The van der Waals surface area contributed by atoms with E-state index in [2.05, 4.69) is 19.2 Å². The van der Waals surface area contributed by atoms with Gasteiger partial charge in [-0.3, -0.25) is 0 Å². The smallest absolute Gasteiger partial charge is 0.238 e. The second-order valence-electron chi connectivity index (χ2n) is 6.07. The summed E-state index contributed by atoms with van der Waals surface area (Å²) in [5.41, 5.74) is 1.09. The number of primary sulfonamides is 1. The van der Waals surface area contributed by atoms with Gasteiger partial charge in [0.1, 0.15) is 0 Å². The van der Waals surface area contributed by atoms with Gasteiger partial charge < -0.3 is 5.32 Å². The van der Waals surface area contributed by atoms with Crippen molar-refractivity contribution in [1.29, 1.82) is 0 Å². The molecule has 4 nitrogen and oxygen atoms in total. The Morgan fingerprint density at radius 2 is 1.85 bits per heavy atom. The molecule has 5 heteroatoms. The molecule has 1 aromatic rings. The fraction of sp³-hybridized carbons (Fsp3) is 0.600. The van der Waals surface area contributed by atoms with Gasteiger partial charge in [0.2, 0.25) is 10.0 Å². The van der Waals surface area contributed by atoms with E-state index in [1.807, 2.05) is 12.1 Å². The minimum atomic E-state index is -3.59. The molecule has 1 aliphatic carbocycles. The molecule has 0 spiro atoms. The van der Waals surface area contributed by atoms with Crippen molar-refractivity contribution in [1.82, 2.24) is 5.32 Å². The molecule has 1 aliphatic rings. The quantitative estimate of drug-likeness (QED) is 0.895. The van der Waals surface area contributed by atoms with E-state index in [9.17, 15) is 8.42 Å². The zero-order chi connectivity index (χ0) is 14.8. The molecule has 0 aromatic heterocycles. The summed E-state index contributed by atoms with van der Waals surface area (Å²) >= 11 is 0. The highest BCUT2D eigenvalue weighted by Crippen LogP contribution is 2.28. The van der Waals surface area contributed by atoms with Crippen molar-refractivity contribution in [2.75, 3.05) is 0 Å². The highest BCUT2D eigenvalue weighted by Gasteiger charge is 2.24. The molecule has 0 aliphatic heterocycles. The first-order valence-corrected chi connectivity index (χ1v) is 8.76. The van der Waals surface area contributed by atoms with Crippen LogP contribution in [0.2, 0.25) is 0 Å². The Balaban J connectivity index is 1.94. The predicted octanol–water partition coefficient (Wildman–Crippen LogP) is 2.25. The van der Waals surface area contributed by atoms with Gasteiger partial charge in [-0.05, 0) is 42.4 Å². The zero-order valence-electron chi connectivity index (χ0n) is 12.2. The Bertz CT molecular complexity index is 539. The van der Waals surface area contributed by atoms with Crippen LogP contribution in [-0.4, -0.2) is 14.5 Å². The van der Waals surface area contributed by atoms with Crippen LogP contribution in [0.4, 0.5) is 0 Å². The van der Waals surface area contributed by atoms with E-state index < -0.39 is 10.0 Å². The van der Waals surface area contributed by atoms with Crippen LogP contribution in [0.25, 0.3) is 0 Å². The molecule has 3 unspecified atom stereocenters. The third-order valence-electron chi connectivity index (χ3n) is 4.28. The molecule has 1 aromatic carbocycles. The van der Waals surface area contributed by atoms with Gasteiger partial charge in [0, 0.05) is 12.6 Å². The van der Waals surface area contributed by atoms with Crippen molar-refractivity contribution >= 4 is 10.0 Å². The van der Waals surface area contributed by atoms with Crippen molar-refractivity contribution < 1.29 is 8.42 Å². The molecule has 1 fully saturated rings. The molecule has 0 radical (unpaired) electrons. The molecular formula is C15H24N2O2S. The first-order valence-electron chi connectivity index (χ1n) is 7.21. The summed E-state index contributed by atoms with van der Waals surface area (Å²) in [6, 6.07) is 7.34. The van der Waals surface area contributed by atoms with E-state index in [0.29, 0.717) is 12.0 Å². The molecule has 2 rings (SSSR count). The Labute approximate surface area is 121 Å². The zero-order valence-corrected chi connectivity index (χ0v) is 13.0. The number of hydrogen-bond donors (Lipinski definition) is 2. The minimum absolute atomic E-state index is 0.168. The van der Waals surface area contributed by atoms with Crippen molar-refractivity contribution in [3.05, 3.63) is 29.8 Å².